The van der Waals surface area contributed by atoms with Crippen LogP contribution in [0.1, 0.15) is 32.8 Å². The molecule has 6 nitrogen and oxygen atoms in total. The molecule has 0 aromatic carbocycles. The number of amides is 1. The quantitative estimate of drug-likeness (QED) is 0.684. The number of nitrogens with zero attached hydrogens (tertiary/aromatic N) is 3. The number of carbonyl (C=O) groups is 1. The zero-order valence-corrected chi connectivity index (χ0v) is 16.8. The van der Waals surface area contributed by atoms with Crippen LogP contribution in [0.5, 0.6) is 0 Å². The molecule has 0 saturated heterocycles. The molecule has 0 aliphatic carbocycles. The maximum Gasteiger partial charge on any atom is 0.287 e. The summed E-state index contributed by atoms with van der Waals surface area (Å²) in [7, 11) is 0. The molecule has 0 unspecified atom stereocenters. The molecule has 4 rings (SSSR count). The van der Waals surface area contributed by atoms with Crippen LogP contribution < -0.4 is 5.32 Å². The van der Waals surface area contributed by atoms with Gasteiger partial charge < -0.3 is 9.73 Å². The summed E-state index contributed by atoms with van der Waals surface area (Å²) in [6.45, 7) is 3.17. The number of carbonyl (C=O) groups excluding carboxylic acids is 1. The molecule has 3 aromatic rings. The Morgan fingerprint density at radius 1 is 1.14 bits per heavy atom. The highest BCUT2D eigenvalue weighted by Gasteiger charge is 2.20. The van der Waals surface area contributed by atoms with Gasteiger partial charge in [-0.05, 0) is 46.9 Å². The minimum atomic E-state index is -0.207. The highest BCUT2D eigenvalue weighted by molar-refractivity contribution is 5.91. The standard InChI is InChI=1S/C20H20N4O2.2ClH/c25-20(19-4-2-8-26-19)23-12-16-10-22-11-17-14-24(7-5-18(16)17)13-15-3-1-6-21-9-15;;/h1-4,6,8-11H,5,7,12-14H2,(H,23,25);2*1H. The van der Waals surface area contributed by atoms with Crippen LogP contribution >= 0.6 is 24.8 Å². The van der Waals surface area contributed by atoms with E-state index in [4.69, 9.17) is 4.42 Å². The monoisotopic (exact) mass is 420 g/mol. The second-order valence-corrected chi connectivity index (χ2v) is 6.42. The van der Waals surface area contributed by atoms with Gasteiger partial charge in [-0.15, -0.1) is 24.8 Å². The van der Waals surface area contributed by atoms with Crippen molar-refractivity contribution in [2.24, 2.45) is 0 Å². The van der Waals surface area contributed by atoms with Crippen molar-refractivity contribution in [3.63, 3.8) is 0 Å². The van der Waals surface area contributed by atoms with Gasteiger partial charge in [-0.25, -0.2) is 0 Å². The Labute approximate surface area is 176 Å². The Hall–Kier alpha value is -2.41. The van der Waals surface area contributed by atoms with Crippen LogP contribution in [0.4, 0.5) is 0 Å². The predicted octanol–water partition coefficient (Wildman–Crippen LogP) is 3.40. The minimum Gasteiger partial charge on any atom is -0.459 e. The van der Waals surface area contributed by atoms with Gasteiger partial charge in [-0.2, -0.15) is 0 Å². The van der Waals surface area contributed by atoms with E-state index in [1.54, 1.807) is 18.3 Å². The normalized spacial score (nSPS) is 13.0. The first kappa shape index (κ1) is 21.9. The fraction of sp³-hybridized carbons (Fsp3) is 0.250. The van der Waals surface area contributed by atoms with Crippen molar-refractivity contribution < 1.29 is 9.21 Å². The summed E-state index contributed by atoms with van der Waals surface area (Å²) in [5, 5.41) is 2.91. The summed E-state index contributed by atoms with van der Waals surface area (Å²) in [5.41, 5.74) is 4.81. The van der Waals surface area contributed by atoms with Gasteiger partial charge in [-0.1, -0.05) is 6.07 Å². The van der Waals surface area contributed by atoms with Crippen molar-refractivity contribution >= 4 is 30.7 Å². The summed E-state index contributed by atoms with van der Waals surface area (Å²) in [5.74, 6) is 0.118. The molecule has 1 N–H and O–H groups in total. The summed E-state index contributed by atoms with van der Waals surface area (Å²) >= 11 is 0. The lowest BCUT2D eigenvalue weighted by Gasteiger charge is -2.29. The zero-order valence-electron chi connectivity index (χ0n) is 15.2. The highest BCUT2D eigenvalue weighted by Crippen LogP contribution is 2.23. The maximum absolute atomic E-state index is 12.1. The van der Waals surface area contributed by atoms with Gasteiger partial charge >= 0.3 is 0 Å². The van der Waals surface area contributed by atoms with Gasteiger partial charge in [0.2, 0.25) is 0 Å². The van der Waals surface area contributed by atoms with Crippen LogP contribution in [-0.4, -0.2) is 27.3 Å². The number of hydrogen-bond acceptors (Lipinski definition) is 5. The molecule has 0 spiro atoms. The second kappa shape index (κ2) is 10.2. The SMILES string of the molecule is Cl.Cl.O=C(NCc1cncc2c1CCN(Cc1cccnc1)C2)c1ccco1. The molecule has 1 aliphatic heterocycles. The second-order valence-electron chi connectivity index (χ2n) is 6.42. The average molecular weight is 421 g/mol. The van der Waals surface area contributed by atoms with Crippen molar-refractivity contribution in [1.82, 2.24) is 20.2 Å². The fourth-order valence-electron chi connectivity index (χ4n) is 3.33. The van der Waals surface area contributed by atoms with E-state index in [0.29, 0.717) is 12.3 Å². The third kappa shape index (κ3) is 5.10. The Balaban J connectivity index is 0.00000140. The van der Waals surface area contributed by atoms with E-state index in [-0.39, 0.29) is 30.7 Å². The predicted molar refractivity (Wildman–Crippen MR) is 111 cm³/mol. The van der Waals surface area contributed by atoms with Crippen molar-refractivity contribution in [2.45, 2.75) is 26.1 Å². The van der Waals surface area contributed by atoms with Gasteiger partial charge in [0.15, 0.2) is 5.76 Å². The number of aromatic nitrogens is 2. The van der Waals surface area contributed by atoms with E-state index in [1.807, 2.05) is 24.7 Å². The maximum atomic E-state index is 12.1. The Kier molecular flexibility index (Phi) is 7.99. The van der Waals surface area contributed by atoms with E-state index in [2.05, 4.69) is 26.3 Å². The van der Waals surface area contributed by atoms with E-state index < -0.39 is 0 Å². The van der Waals surface area contributed by atoms with E-state index in [1.165, 1.54) is 23.0 Å². The molecule has 28 heavy (non-hydrogen) atoms. The third-order valence-corrected chi connectivity index (χ3v) is 4.62. The fourth-order valence-corrected chi connectivity index (χ4v) is 3.33. The molecule has 8 heteroatoms. The molecule has 1 aliphatic rings. The molecule has 4 heterocycles. The topological polar surface area (TPSA) is 71.3 Å². The van der Waals surface area contributed by atoms with Crippen molar-refractivity contribution in [3.05, 3.63) is 83.3 Å². The van der Waals surface area contributed by atoms with Crippen LogP contribution in [0.3, 0.4) is 0 Å². The van der Waals surface area contributed by atoms with Crippen molar-refractivity contribution in [3.8, 4) is 0 Å². The van der Waals surface area contributed by atoms with E-state index >= 15 is 0 Å². The number of halogens is 2. The molecule has 0 bridgehead atoms. The van der Waals surface area contributed by atoms with Gasteiger partial charge in [0, 0.05) is 51.0 Å². The van der Waals surface area contributed by atoms with Crippen LogP contribution in [0.25, 0.3) is 0 Å². The first-order valence-electron chi connectivity index (χ1n) is 8.67. The van der Waals surface area contributed by atoms with Crippen LogP contribution in [0.2, 0.25) is 0 Å². The van der Waals surface area contributed by atoms with Gasteiger partial charge in [0.25, 0.3) is 5.91 Å². The molecule has 3 aromatic heterocycles. The molecule has 0 saturated carbocycles. The van der Waals surface area contributed by atoms with E-state index in [9.17, 15) is 4.79 Å². The summed E-state index contributed by atoms with van der Waals surface area (Å²) in [6.07, 6.45) is 9.93. The first-order chi connectivity index (χ1) is 12.8. The molecule has 1 amide bonds. The number of rotatable bonds is 5. The Morgan fingerprint density at radius 2 is 2.04 bits per heavy atom. The number of nitrogens with one attached hydrogen (secondary N) is 1. The molecular formula is C20H22Cl2N4O2. The van der Waals surface area contributed by atoms with Gasteiger partial charge in [-0.3, -0.25) is 19.7 Å². The van der Waals surface area contributed by atoms with Crippen molar-refractivity contribution in [2.75, 3.05) is 6.54 Å². The largest absolute Gasteiger partial charge is 0.459 e. The summed E-state index contributed by atoms with van der Waals surface area (Å²) < 4.78 is 5.13. The van der Waals surface area contributed by atoms with Crippen molar-refractivity contribution in [1.29, 1.82) is 0 Å². The van der Waals surface area contributed by atoms with Gasteiger partial charge in [0.05, 0.1) is 6.26 Å². The lowest BCUT2D eigenvalue weighted by atomic mass is 9.96. The molecule has 0 fully saturated rings. The number of fused-ring (bicyclic) bond motifs is 1. The Bertz CT molecular complexity index is 888. The molecule has 0 atom stereocenters. The summed E-state index contributed by atoms with van der Waals surface area (Å²) in [6, 6.07) is 7.43. The lowest BCUT2D eigenvalue weighted by molar-refractivity contribution is 0.0923. The van der Waals surface area contributed by atoms with Crippen LogP contribution in [-0.2, 0) is 26.1 Å². The summed E-state index contributed by atoms with van der Waals surface area (Å²) in [4.78, 5) is 23.0. The Morgan fingerprint density at radius 3 is 2.79 bits per heavy atom. The highest BCUT2D eigenvalue weighted by atomic mass is 35.5. The van der Waals surface area contributed by atoms with E-state index in [0.717, 1.165) is 31.6 Å². The first-order valence-corrected chi connectivity index (χ1v) is 8.67. The van der Waals surface area contributed by atoms with Crippen LogP contribution in [0.15, 0.2) is 59.7 Å². The molecule has 0 radical (unpaired) electrons. The number of hydrogen-bond donors (Lipinski definition) is 1. The molecular weight excluding hydrogens is 399 g/mol. The smallest absolute Gasteiger partial charge is 0.287 e. The average Bonchev–Trinajstić information content (AvgIpc) is 3.21. The zero-order chi connectivity index (χ0) is 17.8. The molecule has 148 valence electrons. The van der Waals surface area contributed by atoms with Crippen LogP contribution in [0, 0.1) is 0 Å². The number of pyridine rings is 2. The lowest BCUT2D eigenvalue weighted by Crippen LogP contribution is -2.32. The van der Waals surface area contributed by atoms with Gasteiger partial charge in [0.1, 0.15) is 0 Å². The minimum absolute atomic E-state index is 0. The third-order valence-electron chi connectivity index (χ3n) is 4.62. The number of furan rings is 1.